The number of rotatable bonds is 7. The molecule has 1 N–H and O–H groups in total. The van der Waals surface area contributed by atoms with Gasteiger partial charge >= 0.3 is 0 Å². The maximum absolute atomic E-state index is 12.1. The summed E-state index contributed by atoms with van der Waals surface area (Å²) in [5.74, 6) is 1.99. The molecule has 1 amide bonds. The number of hydrogen-bond acceptors (Lipinski definition) is 4. The standard InChI is InChI=1S/C18H21NO4/c1-13(23-17-10-8-16(22-3)9-11-17)18(20)19-12-14-4-6-15(21-2)7-5-14/h4-11,13H,12H2,1-3H3,(H,19,20). The molecule has 0 heterocycles. The Morgan fingerprint density at radius 2 is 1.39 bits per heavy atom. The smallest absolute Gasteiger partial charge is 0.261 e. The van der Waals surface area contributed by atoms with Crippen molar-refractivity contribution in [3.05, 3.63) is 54.1 Å². The quantitative estimate of drug-likeness (QED) is 0.853. The van der Waals surface area contributed by atoms with E-state index in [1.165, 1.54) is 0 Å². The van der Waals surface area contributed by atoms with Crippen LogP contribution in [0, 0.1) is 0 Å². The Morgan fingerprint density at radius 3 is 1.91 bits per heavy atom. The maximum atomic E-state index is 12.1. The van der Waals surface area contributed by atoms with Crippen molar-refractivity contribution in [3.63, 3.8) is 0 Å². The van der Waals surface area contributed by atoms with Crippen LogP contribution in [-0.4, -0.2) is 26.2 Å². The topological polar surface area (TPSA) is 56.8 Å². The number of methoxy groups -OCH3 is 2. The summed E-state index contributed by atoms with van der Waals surface area (Å²) < 4.78 is 15.8. The lowest BCUT2D eigenvalue weighted by Crippen LogP contribution is -2.35. The van der Waals surface area contributed by atoms with Gasteiger partial charge in [-0.05, 0) is 48.9 Å². The van der Waals surface area contributed by atoms with Gasteiger partial charge in [0, 0.05) is 6.54 Å². The van der Waals surface area contributed by atoms with Crippen molar-refractivity contribution in [1.82, 2.24) is 5.32 Å². The second-order valence-corrected chi connectivity index (χ2v) is 5.00. The summed E-state index contributed by atoms with van der Waals surface area (Å²) >= 11 is 0. The molecular formula is C18H21NO4. The molecule has 0 aliphatic rings. The summed E-state index contributed by atoms with van der Waals surface area (Å²) in [4.78, 5) is 12.1. The van der Waals surface area contributed by atoms with Crippen molar-refractivity contribution in [2.75, 3.05) is 14.2 Å². The van der Waals surface area contributed by atoms with Crippen LogP contribution in [0.3, 0.4) is 0 Å². The minimum absolute atomic E-state index is 0.170. The lowest BCUT2D eigenvalue weighted by molar-refractivity contribution is -0.127. The van der Waals surface area contributed by atoms with Gasteiger partial charge in [-0.2, -0.15) is 0 Å². The number of carbonyl (C=O) groups is 1. The average Bonchev–Trinajstić information content (AvgIpc) is 2.60. The van der Waals surface area contributed by atoms with E-state index in [2.05, 4.69) is 5.32 Å². The fraction of sp³-hybridized carbons (Fsp3) is 0.278. The highest BCUT2D eigenvalue weighted by Gasteiger charge is 2.14. The number of ether oxygens (including phenoxy) is 3. The highest BCUT2D eigenvalue weighted by atomic mass is 16.5. The molecule has 0 aliphatic heterocycles. The van der Waals surface area contributed by atoms with Crippen molar-refractivity contribution in [1.29, 1.82) is 0 Å². The van der Waals surface area contributed by atoms with Gasteiger partial charge in [0.1, 0.15) is 17.2 Å². The Bertz CT molecular complexity index is 622. The molecule has 1 atom stereocenters. The molecule has 0 fully saturated rings. The van der Waals surface area contributed by atoms with E-state index in [-0.39, 0.29) is 5.91 Å². The van der Waals surface area contributed by atoms with Gasteiger partial charge in [-0.15, -0.1) is 0 Å². The van der Waals surface area contributed by atoms with Crippen molar-refractivity contribution in [2.45, 2.75) is 19.6 Å². The van der Waals surface area contributed by atoms with Crippen LogP contribution in [0.15, 0.2) is 48.5 Å². The summed E-state index contributed by atoms with van der Waals surface area (Å²) in [6.07, 6.45) is -0.582. The van der Waals surface area contributed by atoms with Crippen LogP contribution in [0.1, 0.15) is 12.5 Å². The van der Waals surface area contributed by atoms with Gasteiger partial charge in [-0.1, -0.05) is 12.1 Å². The molecule has 0 saturated heterocycles. The number of hydrogen-bond donors (Lipinski definition) is 1. The molecule has 1 unspecified atom stereocenters. The van der Waals surface area contributed by atoms with E-state index in [0.717, 1.165) is 17.1 Å². The van der Waals surface area contributed by atoms with Crippen LogP contribution in [0.25, 0.3) is 0 Å². The summed E-state index contributed by atoms with van der Waals surface area (Å²) in [7, 11) is 3.22. The molecule has 0 saturated carbocycles. The molecular weight excluding hydrogens is 294 g/mol. The van der Waals surface area contributed by atoms with Gasteiger partial charge in [0.05, 0.1) is 14.2 Å². The molecule has 0 aromatic heterocycles. The molecule has 0 aliphatic carbocycles. The van der Waals surface area contributed by atoms with Crippen molar-refractivity contribution in [3.8, 4) is 17.2 Å². The Hall–Kier alpha value is -2.69. The SMILES string of the molecule is COc1ccc(CNC(=O)C(C)Oc2ccc(OC)cc2)cc1. The van der Waals surface area contributed by atoms with Gasteiger partial charge in [-0.25, -0.2) is 0 Å². The third kappa shape index (κ3) is 4.92. The zero-order valence-corrected chi connectivity index (χ0v) is 13.5. The van der Waals surface area contributed by atoms with Gasteiger partial charge in [-0.3, -0.25) is 4.79 Å². The Balaban J connectivity index is 1.83. The first-order valence-corrected chi connectivity index (χ1v) is 7.33. The van der Waals surface area contributed by atoms with Crippen molar-refractivity contribution >= 4 is 5.91 Å². The fourth-order valence-corrected chi connectivity index (χ4v) is 1.99. The van der Waals surface area contributed by atoms with E-state index in [1.54, 1.807) is 45.4 Å². The lowest BCUT2D eigenvalue weighted by Gasteiger charge is -2.15. The molecule has 5 nitrogen and oxygen atoms in total. The minimum atomic E-state index is -0.582. The maximum Gasteiger partial charge on any atom is 0.261 e. The first-order chi connectivity index (χ1) is 11.1. The molecule has 2 rings (SSSR count). The molecule has 0 bridgehead atoms. The van der Waals surface area contributed by atoms with Gasteiger partial charge in [0.2, 0.25) is 0 Å². The van der Waals surface area contributed by atoms with Gasteiger partial charge in [0.15, 0.2) is 6.10 Å². The molecule has 23 heavy (non-hydrogen) atoms. The molecule has 0 radical (unpaired) electrons. The first-order valence-electron chi connectivity index (χ1n) is 7.33. The van der Waals surface area contributed by atoms with Crippen LogP contribution < -0.4 is 19.5 Å². The monoisotopic (exact) mass is 315 g/mol. The van der Waals surface area contributed by atoms with E-state index in [1.807, 2.05) is 24.3 Å². The van der Waals surface area contributed by atoms with E-state index in [9.17, 15) is 4.79 Å². The molecule has 122 valence electrons. The number of nitrogens with one attached hydrogen (secondary N) is 1. The third-order valence-corrected chi connectivity index (χ3v) is 3.37. The second kappa shape index (κ2) is 8.08. The van der Waals surface area contributed by atoms with Crippen molar-refractivity contribution in [2.24, 2.45) is 0 Å². The molecule has 5 heteroatoms. The third-order valence-electron chi connectivity index (χ3n) is 3.37. The highest BCUT2D eigenvalue weighted by molar-refractivity contribution is 5.80. The van der Waals surface area contributed by atoms with Crippen LogP contribution >= 0.6 is 0 Å². The van der Waals surface area contributed by atoms with E-state index in [4.69, 9.17) is 14.2 Å². The predicted molar refractivity (Wildman–Crippen MR) is 87.9 cm³/mol. The first kappa shape index (κ1) is 16.7. The zero-order valence-electron chi connectivity index (χ0n) is 13.5. The molecule has 2 aromatic rings. The Morgan fingerprint density at radius 1 is 0.913 bits per heavy atom. The number of benzene rings is 2. The molecule has 2 aromatic carbocycles. The normalized spacial score (nSPS) is 11.4. The Kier molecular flexibility index (Phi) is 5.86. The van der Waals surface area contributed by atoms with E-state index in [0.29, 0.717) is 12.3 Å². The summed E-state index contributed by atoms with van der Waals surface area (Å²) in [5, 5.41) is 2.85. The minimum Gasteiger partial charge on any atom is -0.497 e. The summed E-state index contributed by atoms with van der Waals surface area (Å²) in [6, 6.07) is 14.7. The van der Waals surface area contributed by atoms with Crippen LogP contribution in [0.4, 0.5) is 0 Å². The summed E-state index contributed by atoms with van der Waals surface area (Å²) in [6.45, 7) is 2.16. The number of carbonyl (C=O) groups excluding carboxylic acids is 1. The van der Waals surface area contributed by atoms with Gasteiger partial charge < -0.3 is 19.5 Å². The number of amides is 1. The predicted octanol–water partition coefficient (Wildman–Crippen LogP) is 2.79. The Labute approximate surface area is 136 Å². The average molecular weight is 315 g/mol. The van der Waals surface area contributed by atoms with Crippen LogP contribution in [0.5, 0.6) is 17.2 Å². The van der Waals surface area contributed by atoms with E-state index < -0.39 is 6.10 Å². The largest absolute Gasteiger partial charge is 0.497 e. The van der Waals surface area contributed by atoms with Crippen LogP contribution in [-0.2, 0) is 11.3 Å². The summed E-state index contributed by atoms with van der Waals surface area (Å²) in [5.41, 5.74) is 0.996. The van der Waals surface area contributed by atoms with Gasteiger partial charge in [0.25, 0.3) is 5.91 Å². The molecule has 0 spiro atoms. The lowest BCUT2D eigenvalue weighted by atomic mass is 10.2. The zero-order chi connectivity index (χ0) is 16.7. The van der Waals surface area contributed by atoms with E-state index >= 15 is 0 Å². The highest BCUT2D eigenvalue weighted by Crippen LogP contribution is 2.18. The second-order valence-electron chi connectivity index (χ2n) is 5.00. The van der Waals surface area contributed by atoms with Crippen LogP contribution in [0.2, 0.25) is 0 Å². The fourth-order valence-electron chi connectivity index (χ4n) is 1.99. The van der Waals surface area contributed by atoms with Crippen molar-refractivity contribution < 1.29 is 19.0 Å².